The van der Waals surface area contributed by atoms with Gasteiger partial charge in [0.1, 0.15) is 0 Å². The number of rotatable bonds is 18. The molecule has 2 nitrogen and oxygen atoms in total. The summed E-state index contributed by atoms with van der Waals surface area (Å²) in [6.07, 6.45) is 23.0. The Balaban J connectivity index is 0.00000156. The maximum Gasteiger partial charge on any atom is 0.155 e. The van der Waals surface area contributed by atoms with Crippen molar-refractivity contribution in [2.45, 2.75) is 143 Å². The summed E-state index contributed by atoms with van der Waals surface area (Å²) in [5.74, 6) is 0.273. The van der Waals surface area contributed by atoms with Crippen molar-refractivity contribution in [3.63, 3.8) is 0 Å². The summed E-state index contributed by atoms with van der Waals surface area (Å²) in [6.45, 7) is 20.6. The van der Waals surface area contributed by atoms with Gasteiger partial charge < -0.3 is 0 Å². The summed E-state index contributed by atoms with van der Waals surface area (Å²) >= 11 is -2.29. The number of ketones is 1. The molecule has 198 valence electrons. The summed E-state index contributed by atoms with van der Waals surface area (Å²) in [6, 6.07) is 0. The van der Waals surface area contributed by atoms with E-state index in [1.807, 2.05) is 6.08 Å². The van der Waals surface area contributed by atoms with Crippen LogP contribution in [0.3, 0.4) is 0 Å². The van der Waals surface area contributed by atoms with Crippen LogP contribution in [-0.4, -0.2) is 38.1 Å². The molecule has 0 spiro atoms. The first-order chi connectivity index (χ1) is 16.1. The molecule has 1 unspecified atom stereocenters. The standard InChI is InChI=1S/C13H25OSi.C5H6O.3C4H9.Sn/c1-7-10-11-12-13(8-2,9-3)14-15(4,5)6;6-5-3-1-2-4-5;3*1-3-4-2;/h2,8-9H,3,7,10-12H2,1,4-6H3;1,3H,2,4H2;3*1,3-4H2,2H3;. The van der Waals surface area contributed by atoms with Crippen LogP contribution in [0.4, 0.5) is 0 Å². The number of hydrogen-bond acceptors (Lipinski definition) is 2. The summed E-state index contributed by atoms with van der Waals surface area (Å²) < 4.78 is 14.2. The molecule has 4 heteroatoms. The second kappa shape index (κ2) is 19.0. The zero-order valence-corrected chi connectivity index (χ0v) is 27.9. The van der Waals surface area contributed by atoms with E-state index in [9.17, 15) is 4.79 Å². The molecule has 0 amide bonds. The average Bonchev–Trinajstić information content (AvgIpc) is 3.28. The fourth-order valence-corrected chi connectivity index (χ4v) is 20.5. The normalized spacial score (nSPS) is 15.9. The topological polar surface area (TPSA) is 26.3 Å². The van der Waals surface area contributed by atoms with Crippen molar-refractivity contribution in [1.82, 2.24) is 0 Å². The van der Waals surface area contributed by atoms with Crippen LogP contribution in [0.1, 0.15) is 105 Å². The maximum absolute atomic E-state index is 10.2. The van der Waals surface area contributed by atoms with E-state index in [2.05, 4.69) is 70.2 Å². The van der Waals surface area contributed by atoms with Gasteiger partial charge in [-0.3, -0.25) is 4.79 Å². The van der Waals surface area contributed by atoms with E-state index in [1.165, 1.54) is 71.1 Å². The minimum absolute atomic E-state index is 0.230. The summed E-state index contributed by atoms with van der Waals surface area (Å²) in [5.41, 5.74) is -0.230. The van der Waals surface area contributed by atoms with E-state index in [1.54, 1.807) is 6.08 Å². The minimum atomic E-state index is -2.29. The Morgan fingerprint density at radius 2 is 1.47 bits per heavy atom. The van der Waals surface area contributed by atoms with Crippen molar-refractivity contribution in [3.05, 3.63) is 35.0 Å². The monoisotopic (exact) mass is 598 g/mol. The first-order valence-corrected chi connectivity index (χ1v) is 25.5. The fraction of sp³-hybridized carbons (Fsp3) is 0.767. The Hall–Kier alpha value is -0.134. The van der Waals surface area contributed by atoms with Crippen LogP contribution in [0.5, 0.6) is 0 Å². The van der Waals surface area contributed by atoms with Crippen molar-refractivity contribution in [2.75, 3.05) is 0 Å². The van der Waals surface area contributed by atoms with Crippen LogP contribution in [0.15, 0.2) is 35.0 Å². The molecule has 0 radical (unpaired) electrons. The molecule has 0 aliphatic heterocycles. The molecule has 1 aliphatic rings. The van der Waals surface area contributed by atoms with Crippen LogP contribution in [-0.2, 0) is 9.22 Å². The third-order valence-electron chi connectivity index (χ3n) is 6.68. The van der Waals surface area contributed by atoms with Crippen LogP contribution < -0.4 is 0 Å². The Morgan fingerprint density at radius 3 is 1.79 bits per heavy atom. The van der Waals surface area contributed by atoms with Gasteiger partial charge in [0, 0.05) is 6.42 Å². The molecule has 0 aromatic heterocycles. The Kier molecular flexibility index (Phi) is 19.0. The van der Waals surface area contributed by atoms with Crippen LogP contribution in [0.25, 0.3) is 0 Å². The summed E-state index contributed by atoms with van der Waals surface area (Å²) in [5, 5.41) is 0. The number of allylic oxidation sites excluding steroid dienone is 2. The third kappa shape index (κ3) is 15.8. The average molecular weight is 598 g/mol. The Morgan fingerprint density at radius 1 is 0.941 bits per heavy atom. The molecule has 0 heterocycles. The quantitative estimate of drug-likeness (QED) is 0.0893. The van der Waals surface area contributed by atoms with Crippen molar-refractivity contribution in [1.29, 1.82) is 0 Å². The van der Waals surface area contributed by atoms with Crippen molar-refractivity contribution < 1.29 is 9.22 Å². The van der Waals surface area contributed by atoms with Gasteiger partial charge in [0.05, 0.1) is 0 Å². The molecule has 34 heavy (non-hydrogen) atoms. The zero-order chi connectivity index (χ0) is 25.9. The molecule has 0 saturated heterocycles. The van der Waals surface area contributed by atoms with E-state index >= 15 is 0 Å². The summed E-state index contributed by atoms with van der Waals surface area (Å²) in [7, 11) is -1.65. The minimum Gasteiger partial charge on any atom is -0.295 e. The van der Waals surface area contributed by atoms with E-state index < -0.39 is 26.7 Å². The van der Waals surface area contributed by atoms with Gasteiger partial charge in [-0.1, -0.05) is 6.08 Å². The Labute approximate surface area is 219 Å². The van der Waals surface area contributed by atoms with Gasteiger partial charge in [-0.2, -0.15) is 0 Å². The molecule has 1 aliphatic carbocycles. The number of carbonyl (C=O) groups excluding carboxylic acids is 1. The van der Waals surface area contributed by atoms with Gasteiger partial charge in [-0.25, -0.2) is 0 Å². The van der Waals surface area contributed by atoms with Crippen LogP contribution in [0, 0.1) is 0 Å². The molecule has 0 aromatic rings. The molecule has 0 bridgehead atoms. The van der Waals surface area contributed by atoms with E-state index in [0.29, 0.717) is 0 Å². The molecule has 0 saturated carbocycles. The molecule has 0 N–H and O–H groups in total. The van der Waals surface area contributed by atoms with Crippen LogP contribution in [0.2, 0.25) is 33.0 Å². The van der Waals surface area contributed by atoms with Gasteiger partial charge in [0.2, 0.25) is 0 Å². The molecular weight excluding hydrogens is 539 g/mol. The number of hydrogen-bond donors (Lipinski definition) is 0. The van der Waals surface area contributed by atoms with Gasteiger partial charge in [0.25, 0.3) is 0 Å². The van der Waals surface area contributed by atoms with Gasteiger partial charge in [-0.15, -0.1) is 0 Å². The Bertz CT molecular complexity index is 584. The first-order valence-electron chi connectivity index (χ1n) is 14.3. The van der Waals surface area contributed by atoms with Gasteiger partial charge >= 0.3 is 184 Å². The van der Waals surface area contributed by atoms with Crippen molar-refractivity contribution in [2.24, 2.45) is 0 Å². The maximum atomic E-state index is 10.2. The number of carbonyl (C=O) groups is 1. The predicted molar refractivity (Wildman–Crippen MR) is 159 cm³/mol. The molecular formula is C30H58O2SiSn. The molecule has 1 rings (SSSR count). The van der Waals surface area contributed by atoms with Gasteiger partial charge in [0.15, 0.2) is 5.78 Å². The summed E-state index contributed by atoms with van der Waals surface area (Å²) in [4.78, 5) is 10.2. The second-order valence-corrected chi connectivity index (χ2v) is 28.7. The zero-order valence-electron chi connectivity index (χ0n) is 24.0. The van der Waals surface area contributed by atoms with E-state index in [-0.39, 0.29) is 11.4 Å². The smallest absolute Gasteiger partial charge is 0.155 e. The van der Waals surface area contributed by atoms with Crippen LogP contribution >= 0.6 is 0 Å². The molecule has 0 aromatic carbocycles. The van der Waals surface area contributed by atoms with Gasteiger partial charge in [-0.05, 0) is 12.5 Å². The first kappa shape index (κ1) is 33.9. The van der Waals surface area contributed by atoms with Crippen molar-refractivity contribution in [3.8, 4) is 0 Å². The second-order valence-electron chi connectivity index (χ2n) is 11.2. The fourth-order valence-electron chi connectivity index (χ4n) is 4.65. The van der Waals surface area contributed by atoms with E-state index in [0.717, 1.165) is 19.3 Å². The molecule has 0 fully saturated rings. The molecule has 1 atom stereocenters. The predicted octanol–water partition coefficient (Wildman–Crippen LogP) is 10.2. The van der Waals surface area contributed by atoms with Crippen molar-refractivity contribution >= 4 is 32.5 Å². The largest absolute Gasteiger partial charge is 0.295 e. The third-order valence-corrected chi connectivity index (χ3v) is 21.7. The van der Waals surface area contributed by atoms with E-state index in [4.69, 9.17) is 4.43 Å². The SMILES string of the molecule is C=CC(/C=[CH]/[Sn]([CH2]CCC)([CH2]CCC)[CH2]CCC)(CCCCC)O[Si](C)(C)C.O=C1C=CCC1. The number of unbranched alkanes of at least 4 members (excludes halogenated alkanes) is 5.